The number of hydrogen-bond acceptors (Lipinski definition) is 4. The Kier molecular flexibility index (Phi) is 12.5. The molecule has 0 radical (unpaired) electrons. The number of benzene rings is 1. The van der Waals surface area contributed by atoms with Gasteiger partial charge in [0.05, 0.1) is 11.7 Å². The van der Waals surface area contributed by atoms with E-state index in [0.717, 1.165) is 36.9 Å². The summed E-state index contributed by atoms with van der Waals surface area (Å²) in [4.78, 5) is 26.8. The summed E-state index contributed by atoms with van der Waals surface area (Å²) < 4.78 is 27.6. The van der Waals surface area contributed by atoms with Crippen LogP contribution in [-0.4, -0.2) is 48.4 Å². The van der Waals surface area contributed by atoms with Gasteiger partial charge in [-0.15, -0.1) is 0 Å². The number of anilines is 1. The molecule has 1 aliphatic heterocycles. The number of nitrogens with one attached hydrogen (secondary N) is 1. The van der Waals surface area contributed by atoms with E-state index in [1.54, 1.807) is 43.3 Å². The van der Waals surface area contributed by atoms with Gasteiger partial charge in [0, 0.05) is 37.9 Å². The number of halogens is 2. The number of carbonyl (C=O) groups is 2. The Labute approximate surface area is 234 Å². The number of allylic oxidation sites excluding steroid dienone is 5. The highest BCUT2D eigenvalue weighted by Gasteiger charge is 2.30. The number of carbonyl (C=O) groups excluding carboxylic acids is 2. The lowest BCUT2D eigenvalue weighted by Crippen LogP contribution is -2.45. The molecule has 39 heavy (non-hydrogen) atoms. The van der Waals surface area contributed by atoms with Gasteiger partial charge in [0.15, 0.2) is 0 Å². The first-order valence-corrected chi connectivity index (χ1v) is 14.0. The van der Waals surface area contributed by atoms with Gasteiger partial charge >= 0.3 is 0 Å². The maximum absolute atomic E-state index is 13.8. The Morgan fingerprint density at radius 2 is 1.90 bits per heavy atom. The number of hydrogen-bond donors (Lipinski definition) is 1. The van der Waals surface area contributed by atoms with Gasteiger partial charge in [0.25, 0.3) is 5.66 Å². The van der Waals surface area contributed by atoms with Crippen molar-refractivity contribution >= 4 is 32.6 Å². The largest absolute Gasteiger partial charge is 0.349 e. The minimum atomic E-state index is -2.98. The smallest absolute Gasteiger partial charge is 0.283 e. The van der Waals surface area contributed by atoms with Crippen LogP contribution in [0.2, 0.25) is 0 Å². The summed E-state index contributed by atoms with van der Waals surface area (Å²) >= 11 is 0. The molecule has 1 N–H and O–H groups in total. The minimum Gasteiger partial charge on any atom is -0.349 e. The molecule has 0 aliphatic carbocycles. The second kappa shape index (κ2) is 15.1. The van der Waals surface area contributed by atoms with Crippen LogP contribution in [0.25, 0.3) is 0 Å². The highest BCUT2D eigenvalue weighted by Crippen LogP contribution is 2.33. The van der Waals surface area contributed by atoms with E-state index in [-0.39, 0.29) is 23.4 Å². The van der Waals surface area contributed by atoms with Gasteiger partial charge in [0.2, 0.25) is 11.8 Å². The van der Waals surface area contributed by atoms with E-state index in [1.807, 2.05) is 36.2 Å². The first kappa shape index (κ1) is 32.4. The van der Waals surface area contributed by atoms with Gasteiger partial charge in [-0.05, 0) is 44.7 Å². The topological polar surface area (TPSA) is 65.0 Å². The van der Waals surface area contributed by atoms with E-state index < -0.39 is 17.5 Å². The molecule has 2 amide bonds. The van der Waals surface area contributed by atoms with E-state index in [9.17, 15) is 18.4 Å². The van der Waals surface area contributed by atoms with Crippen LogP contribution in [0, 0.1) is 18.8 Å². The summed E-state index contributed by atoms with van der Waals surface area (Å²) in [7, 11) is 4.95. The average molecular weight is 561 g/mol. The molecule has 214 valence electrons. The van der Waals surface area contributed by atoms with Gasteiger partial charge in [-0.1, -0.05) is 78.1 Å². The van der Waals surface area contributed by atoms with E-state index in [1.165, 1.54) is 23.1 Å². The van der Waals surface area contributed by atoms with Crippen molar-refractivity contribution in [3.63, 3.8) is 0 Å². The molecule has 0 saturated heterocycles. The number of nitrogens with zero attached hydrogens (tertiary/aromatic N) is 3. The fourth-order valence-electron chi connectivity index (χ4n) is 4.38. The molecule has 1 heterocycles. The van der Waals surface area contributed by atoms with Crippen LogP contribution in [-0.2, 0) is 9.59 Å². The average Bonchev–Trinajstić information content (AvgIpc) is 2.89. The third kappa shape index (κ3) is 9.99. The molecule has 9 heteroatoms. The zero-order chi connectivity index (χ0) is 29.2. The van der Waals surface area contributed by atoms with Gasteiger partial charge < -0.3 is 10.2 Å². The highest BCUT2D eigenvalue weighted by molar-refractivity contribution is 7.18. The predicted molar refractivity (Wildman–Crippen MR) is 160 cm³/mol. The van der Waals surface area contributed by atoms with Crippen LogP contribution in [0.1, 0.15) is 57.9 Å². The van der Waals surface area contributed by atoms with Crippen molar-refractivity contribution in [1.29, 1.82) is 0 Å². The quantitative estimate of drug-likeness (QED) is 0.182. The summed E-state index contributed by atoms with van der Waals surface area (Å²) in [5, 5.41) is 9.72. The number of aryl methyl sites for hydroxylation is 1. The molecular formula is C30H43F2N4O2P. The molecule has 0 fully saturated rings. The molecule has 0 aromatic heterocycles. The Morgan fingerprint density at radius 1 is 1.23 bits per heavy atom. The fourth-order valence-corrected chi connectivity index (χ4v) is 4.59. The summed E-state index contributed by atoms with van der Waals surface area (Å²) in [6.45, 7) is 9.08. The first-order chi connectivity index (χ1) is 18.3. The SMILES string of the molecule is C=C/C=C\C(=CCCCCC1CCC(NC(=O)[C@@H](C)C(C)C(=O)N(C)C)=NN1c1ccc(C)cc1)C(F)(F)P. The van der Waals surface area contributed by atoms with E-state index >= 15 is 0 Å². The minimum absolute atomic E-state index is 0.0350. The van der Waals surface area contributed by atoms with Crippen molar-refractivity contribution in [3.8, 4) is 0 Å². The normalized spacial score (nSPS) is 17.9. The van der Waals surface area contributed by atoms with Crippen molar-refractivity contribution in [1.82, 2.24) is 10.2 Å². The first-order valence-electron chi connectivity index (χ1n) is 13.5. The third-order valence-electron chi connectivity index (χ3n) is 7.00. The summed E-state index contributed by atoms with van der Waals surface area (Å²) in [5.74, 6) is -0.681. The van der Waals surface area contributed by atoms with E-state index in [2.05, 4.69) is 11.9 Å². The zero-order valence-electron chi connectivity index (χ0n) is 23.8. The molecule has 1 aromatic carbocycles. The summed E-state index contributed by atoms with van der Waals surface area (Å²) in [6.07, 6.45) is 10.4. The van der Waals surface area contributed by atoms with Gasteiger partial charge in [-0.3, -0.25) is 14.6 Å². The number of hydrazone groups is 1. The Bertz CT molecular complexity index is 1080. The van der Waals surface area contributed by atoms with Gasteiger partial charge in [-0.25, -0.2) is 0 Å². The van der Waals surface area contributed by atoms with Crippen LogP contribution in [0.5, 0.6) is 0 Å². The zero-order valence-corrected chi connectivity index (χ0v) is 24.9. The Hall–Kier alpha value is -2.86. The lowest BCUT2D eigenvalue weighted by Gasteiger charge is -2.34. The van der Waals surface area contributed by atoms with Gasteiger partial charge in [0.1, 0.15) is 5.84 Å². The van der Waals surface area contributed by atoms with E-state index in [0.29, 0.717) is 18.7 Å². The highest BCUT2D eigenvalue weighted by atomic mass is 31.0. The number of alkyl halides is 2. The molecule has 0 bridgehead atoms. The van der Waals surface area contributed by atoms with Gasteiger partial charge in [-0.2, -0.15) is 13.9 Å². The molecule has 0 saturated carbocycles. The Morgan fingerprint density at radius 3 is 2.49 bits per heavy atom. The van der Waals surface area contributed by atoms with Crippen molar-refractivity contribution < 1.29 is 18.4 Å². The lowest BCUT2D eigenvalue weighted by atomic mass is 9.93. The van der Waals surface area contributed by atoms with Crippen molar-refractivity contribution in [2.75, 3.05) is 19.1 Å². The second-order valence-electron chi connectivity index (χ2n) is 10.4. The standard InChI is InChI=1S/C30H43F2N4O2P/c1-7-8-12-24(30(31,32)39)13-10-9-11-14-25-19-20-27(34-36(25)26-17-15-21(2)16-18-26)33-28(37)22(3)23(4)29(38)35(5)6/h7-8,12-13,15-18,22-23,25H,1,9-11,14,19-20,39H2,2-6H3,(H,33,34,37)/b12-8-,24-13?/t22-,23?,25?/m0/s1. The molecule has 2 rings (SSSR count). The second-order valence-corrected chi connectivity index (χ2v) is 11.1. The van der Waals surface area contributed by atoms with Crippen molar-refractivity contribution in [2.24, 2.45) is 16.9 Å². The molecule has 6 nitrogen and oxygen atoms in total. The Balaban J connectivity index is 2.10. The molecule has 3 unspecified atom stereocenters. The molecule has 1 aliphatic rings. The summed E-state index contributed by atoms with van der Waals surface area (Å²) in [5.41, 5.74) is -0.944. The van der Waals surface area contributed by atoms with Crippen LogP contribution >= 0.6 is 9.24 Å². The number of amidine groups is 1. The van der Waals surface area contributed by atoms with Crippen LogP contribution in [0.15, 0.2) is 65.8 Å². The molecule has 0 spiro atoms. The predicted octanol–water partition coefficient (Wildman–Crippen LogP) is 6.45. The van der Waals surface area contributed by atoms with Crippen LogP contribution in [0.4, 0.5) is 14.5 Å². The molecule has 1 aromatic rings. The number of rotatable bonds is 12. The lowest BCUT2D eigenvalue weighted by molar-refractivity contribution is -0.138. The maximum Gasteiger partial charge on any atom is 0.283 e. The van der Waals surface area contributed by atoms with E-state index in [4.69, 9.17) is 5.10 Å². The summed E-state index contributed by atoms with van der Waals surface area (Å²) in [6, 6.07) is 8.19. The van der Waals surface area contributed by atoms with Crippen LogP contribution in [0.3, 0.4) is 0 Å². The monoisotopic (exact) mass is 560 g/mol. The fraction of sp³-hybridized carbons (Fsp3) is 0.500. The molecular weight excluding hydrogens is 517 g/mol. The maximum atomic E-state index is 13.8. The van der Waals surface area contributed by atoms with Crippen LogP contribution < -0.4 is 10.3 Å². The van der Waals surface area contributed by atoms with Crippen molar-refractivity contribution in [3.05, 3.63) is 66.3 Å². The number of unbranched alkanes of at least 4 members (excludes halogenated alkanes) is 2. The number of amides is 2. The van der Waals surface area contributed by atoms with Crippen molar-refractivity contribution in [2.45, 2.75) is 71.0 Å². The molecule has 4 atom stereocenters. The third-order valence-corrected chi connectivity index (χ3v) is 7.33.